The van der Waals surface area contributed by atoms with Gasteiger partial charge in [0.1, 0.15) is 34.5 Å². The molecule has 32 heteroatoms. The van der Waals surface area contributed by atoms with Gasteiger partial charge in [0.15, 0.2) is 28.9 Å². The second kappa shape index (κ2) is 44.6. The summed E-state index contributed by atoms with van der Waals surface area (Å²) < 4.78 is 21.5. The summed E-state index contributed by atoms with van der Waals surface area (Å²) in [7, 11) is 0. The molecule has 4 aliphatic rings. The van der Waals surface area contributed by atoms with Gasteiger partial charge in [-0.15, -0.1) is 45.3 Å². The molecule has 0 unspecified atom stereocenters. The van der Waals surface area contributed by atoms with Gasteiger partial charge < -0.3 is 58.1 Å². The van der Waals surface area contributed by atoms with Gasteiger partial charge in [-0.25, -0.2) is 19.9 Å². The number of Topliss-reactive ketones (excluding diaryl/α,β-unsaturated/α-hetero) is 4. The third-order valence-corrected chi connectivity index (χ3v) is 29.5. The van der Waals surface area contributed by atoms with E-state index in [1.807, 2.05) is 154 Å². The van der Waals surface area contributed by atoms with Crippen LogP contribution in [0.3, 0.4) is 0 Å². The number of β-amino-alcohol motifs (C(OH)–C–C–N with tert-alkyl or cyclic N) is 4. The highest BCUT2D eigenvalue weighted by atomic mass is 32.1. The maximum Gasteiger partial charge on any atom is 0.236 e. The van der Waals surface area contributed by atoms with Gasteiger partial charge in [-0.3, -0.25) is 38.4 Å². The number of aromatic nitrogens is 8. The van der Waals surface area contributed by atoms with Crippen molar-refractivity contribution in [3.05, 3.63) is 234 Å². The lowest BCUT2D eigenvalue weighted by molar-refractivity contribution is -0.142. The lowest BCUT2D eigenvalue weighted by atomic mass is 9.78. The fraction of sp³-hybridized carbons (Fsp3) is 0.456. The molecule has 8 aromatic heterocycles. The van der Waals surface area contributed by atoms with Crippen molar-refractivity contribution in [3.8, 4) is 41.8 Å². The van der Waals surface area contributed by atoms with Gasteiger partial charge in [-0.1, -0.05) is 159 Å². The minimum atomic E-state index is -0.978. The zero-order valence-corrected chi connectivity index (χ0v) is 82.8. The number of hydrogen-bond acceptors (Lipinski definition) is 28. The molecular weight excluding hydrogens is 1790 g/mol. The maximum atomic E-state index is 13.7. The number of carbonyl (C=O) groups is 8. The molecule has 16 rings (SSSR count). The summed E-state index contributed by atoms with van der Waals surface area (Å²) in [5, 5.41) is 56.8. The first-order chi connectivity index (χ1) is 64.3. The van der Waals surface area contributed by atoms with Gasteiger partial charge in [-0.05, 0) is 157 Å². The van der Waals surface area contributed by atoms with Crippen molar-refractivity contribution in [2.24, 2.45) is 11.3 Å². The molecule has 11 atom stereocenters. The number of ketones is 4. The highest BCUT2D eigenvalue weighted by Gasteiger charge is 2.49. The van der Waals surface area contributed by atoms with Crippen LogP contribution in [0.2, 0.25) is 0 Å². The molecule has 0 bridgehead atoms. The van der Waals surface area contributed by atoms with E-state index in [0.29, 0.717) is 104 Å². The Morgan fingerprint density at radius 3 is 0.956 bits per heavy atom. The number of rotatable bonds is 30. The van der Waals surface area contributed by atoms with Crippen LogP contribution in [-0.2, 0) is 69.5 Å². The van der Waals surface area contributed by atoms with Crippen LogP contribution in [0, 0.1) is 66.7 Å². The van der Waals surface area contributed by atoms with E-state index in [0.717, 1.165) is 86.8 Å². The summed E-state index contributed by atoms with van der Waals surface area (Å²) >= 11 is 6.45. The topological polar surface area (TPSA) is 386 Å². The quantitative estimate of drug-likeness (QED) is 0.0325. The van der Waals surface area contributed by atoms with Crippen LogP contribution in [0.1, 0.15) is 222 Å². The van der Waals surface area contributed by atoms with Crippen molar-refractivity contribution in [3.63, 3.8) is 0 Å². The normalized spacial score (nSPS) is 19.0. The Kier molecular flexibility index (Phi) is 33.4. The maximum absolute atomic E-state index is 13.7. The second-order valence-electron chi connectivity index (χ2n) is 37.8. The van der Waals surface area contributed by atoms with Crippen LogP contribution in [0.15, 0.2) is 161 Å². The first-order valence-corrected chi connectivity index (χ1v) is 49.6. The first kappa shape index (κ1) is 101. The van der Waals surface area contributed by atoms with Crippen molar-refractivity contribution >= 4 is 92.1 Å². The van der Waals surface area contributed by atoms with Gasteiger partial charge in [0.05, 0.1) is 142 Å². The smallest absolute Gasteiger partial charge is 0.236 e. The van der Waals surface area contributed by atoms with Crippen LogP contribution in [0.5, 0.6) is 0 Å². The molecule has 4 amide bonds. The molecule has 0 radical (unpaired) electrons. The number of nitrogens with zero attached hydrogens (tertiary/aromatic N) is 12. The average Bonchev–Trinajstić information content (AvgIpc) is 1.64. The Bertz CT molecular complexity index is 6070. The molecule has 135 heavy (non-hydrogen) atoms. The number of carbonyl (C=O) groups excluding carboxylic acids is 8. The lowest BCUT2D eigenvalue weighted by Gasteiger charge is -2.33. The van der Waals surface area contributed by atoms with Gasteiger partial charge in [0.25, 0.3) is 0 Å². The summed E-state index contributed by atoms with van der Waals surface area (Å²) in [5.74, 6) is -0.646. The molecule has 4 aromatic carbocycles. The van der Waals surface area contributed by atoms with E-state index in [4.69, 9.17) is 18.1 Å². The van der Waals surface area contributed by atoms with Crippen molar-refractivity contribution in [2.75, 3.05) is 26.2 Å². The Labute approximate surface area is 803 Å². The van der Waals surface area contributed by atoms with Gasteiger partial charge >= 0.3 is 0 Å². The summed E-state index contributed by atoms with van der Waals surface area (Å²) in [6.45, 7) is 31.0. The molecule has 12 aromatic rings. The molecule has 4 saturated heterocycles. The largest absolute Gasteiger partial charge is 0.391 e. The molecule has 4 fully saturated rings. The van der Waals surface area contributed by atoms with E-state index in [2.05, 4.69) is 89.1 Å². The zero-order chi connectivity index (χ0) is 97.0. The van der Waals surface area contributed by atoms with Crippen molar-refractivity contribution < 1.29 is 76.9 Å². The SMILES string of the molecule is CC[C@@H](C(=O)N1C[C@H](O)C[C@H]1C(=O)CCc1ccc(-c2scnc2C)cc1)c1cc(C)no1.Cc1cc(C(C)(C)C(=O)N2C[C@H](O)C[C@H]2C(=O)CCc2ccc(-c3scnc3C)cc2)on1.Cc1cc([C@H](C(=O)N2C[C@H](O)C[C@H]2C(=O)CCc2ccc(-c3scnc3C)cc2)C(C)(C)C)on1.Cc1cc([C@H](C(=O)N2C[C@H](O)C[C@H]2C(=O)CCc2ccc(-c3scnc3C)cc2)C(C)C)on1. The van der Waals surface area contributed by atoms with Crippen LogP contribution in [-0.4, -0.2) is 202 Å². The number of aryl methyl sites for hydroxylation is 12. The van der Waals surface area contributed by atoms with E-state index in [1.165, 1.54) is 9.80 Å². The molecular formula is C103H122N12O16S4. The third-order valence-electron chi connectivity index (χ3n) is 25.6. The Morgan fingerprint density at radius 1 is 0.385 bits per heavy atom. The number of aliphatic hydroxyl groups excluding tert-OH is 4. The number of aliphatic hydroxyl groups is 4. The van der Waals surface area contributed by atoms with Gasteiger partial charge in [-0.2, -0.15) is 0 Å². The highest BCUT2D eigenvalue weighted by molar-refractivity contribution is 7.14. The average molecular weight is 1910 g/mol. The Hall–Kier alpha value is -11.4. The summed E-state index contributed by atoms with van der Waals surface area (Å²) in [5.41, 5.74) is 21.5. The molecule has 714 valence electrons. The minimum Gasteiger partial charge on any atom is -0.391 e. The van der Waals surface area contributed by atoms with Gasteiger partial charge in [0, 0.05) is 102 Å². The monoisotopic (exact) mass is 1910 g/mol. The number of benzene rings is 4. The number of amides is 4. The van der Waals surface area contributed by atoms with Crippen LogP contribution < -0.4 is 0 Å². The molecule has 4 N–H and O–H groups in total. The van der Waals surface area contributed by atoms with Crippen molar-refractivity contribution in [2.45, 2.75) is 266 Å². The van der Waals surface area contributed by atoms with Crippen LogP contribution in [0.25, 0.3) is 41.8 Å². The Balaban J connectivity index is 0.000000152. The lowest BCUT2D eigenvalue weighted by Crippen LogP contribution is -2.48. The fourth-order valence-corrected chi connectivity index (χ4v) is 21.4. The predicted octanol–water partition coefficient (Wildman–Crippen LogP) is 17.0. The van der Waals surface area contributed by atoms with Crippen molar-refractivity contribution in [1.29, 1.82) is 0 Å². The minimum absolute atomic E-state index is 0.0223. The second-order valence-corrected chi connectivity index (χ2v) is 41.2. The Morgan fingerprint density at radius 2 is 0.674 bits per heavy atom. The number of likely N-dealkylation sites (tertiary alicyclic amines) is 4. The third kappa shape index (κ3) is 24.7. The zero-order valence-electron chi connectivity index (χ0n) is 79.5. The van der Waals surface area contributed by atoms with Gasteiger partial charge in [0.2, 0.25) is 23.6 Å². The van der Waals surface area contributed by atoms with Crippen molar-refractivity contribution in [1.82, 2.24) is 60.2 Å². The standard InChI is InChI=1S/C27H33N3O4S.C26H31N3O4S.2C25H29N3O4S/c1-16-12-23(34-29-16)24(27(3,4)5)26(33)30-14-20(31)13-21(30)22(32)11-8-18-6-9-19(10-7-18)25-17(2)28-15-35-25;1-15(2)24(23-11-16(3)28-33-23)26(32)29-13-20(30)12-21(29)22(31)10-7-18-5-8-19(9-6-18)25-17(4)27-14-34-25;1-15-11-22(32-27-15)25(3,4)24(31)28-13-19(29)12-20(28)21(30)10-7-17-5-8-18(9-6-17)23-16(2)26-14-33-23;1-4-20(23-11-15(2)27-32-23)25(31)28-13-19(29)12-21(28)22(30)10-7-17-5-8-18(9-6-17)24-16(3)26-14-33-24/h6-7,9-10,12,15,20-21,24,31H,8,11,13-14H2,1-5H3;5-6,8-9,11,14-15,20-21,24,30H,7,10,12-13H2,1-4H3;5-6,8-9,11,14,19-20,29H,7,10,12-13H2,1-4H3;5-6,8-9,11,14,19-21,29H,4,7,10,12-13H2,1-3H3/t2*20-,21+,24-;19-,20+;19-,20-,21+/m1111/s1. The fourth-order valence-electron chi connectivity index (χ4n) is 18.2. The molecule has 0 aliphatic carbocycles. The number of thiazole rings is 4. The highest BCUT2D eigenvalue weighted by Crippen LogP contribution is 2.42. The molecule has 0 saturated carbocycles. The molecule has 0 spiro atoms. The first-order valence-electron chi connectivity index (χ1n) is 46.1. The summed E-state index contributed by atoms with van der Waals surface area (Å²) in [6, 6.07) is 37.3. The van der Waals surface area contributed by atoms with Crippen LogP contribution in [0.4, 0.5) is 0 Å². The van der Waals surface area contributed by atoms with E-state index >= 15 is 0 Å². The van der Waals surface area contributed by atoms with E-state index in [1.54, 1.807) is 107 Å². The van der Waals surface area contributed by atoms with E-state index < -0.39 is 77.2 Å². The van der Waals surface area contributed by atoms with Crippen LogP contribution >= 0.6 is 45.3 Å². The van der Waals surface area contributed by atoms with E-state index in [9.17, 15) is 58.8 Å². The molecule has 28 nitrogen and oxygen atoms in total. The summed E-state index contributed by atoms with van der Waals surface area (Å²) in [6.07, 6.45) is 2.38. The molecule has 12 heterocycles. The molecule has 4 aliphatic heterocycles. The summed E-state index contributed by atoms with van der Waals surface area (Å²) in [4.78, 5) is 134. The number of hydrogen-bond donors (Lipinski definition) is 4. The predicted molar refractivity (Wildman–Crippen MR) is 518 cm³/mol. The van der Waals surface area contributed by atoms with E-state index in [-0.39, 0.29) is 105 Å².